The monoisotopic (exact) mass is 257 g/mol. The second-order valence-corrected chi connectivity index (χ2v) is 3.88. The molecular formula is C9H8IN. The van der Waals surface area contributed by atoms with E-state index in [9.17, 15) is 0 Å². The summed E-state index contributed by atoms with van der Waals surface area (Å²) in [5.41, 5.74) is 2.54. The number of aromatic nitrogens is 1. The van der Waals surface area contributed by atoms with Crippen molar-refractivity contribution in [1.82, 2.24) is 4.98 Å². The zero-order valence-electron chi connectivity index (χ0n) is 6.05. The average Bonchev–Trinajstić information content (AvgIpc) is 2.04. The summed E-state index contributed by atoms with van der Waals surface area (Å²) in [5, 5.41) is 0. The van der Waals surface area contributed by atoms with Gasteiger partial charge < -0.3 is 0 Å². The molecule has 1 nitrogen and oxygen atoms in total. The van der Waals surface area contributed by atoms with E-state index in [0.29, 0.717) is 0 Å². The molecule has 0 aromatic carbocycles. The summed E-state index contributed by atoms with van der Waals surface area (Å²) < 4.78 is 1.22. The fourth-order valence-corrected chi connectivity index (χ4v) is 1.74. The number of halogens is 1. The van der Waals surface area contributed by atoms with Crippen LogP contribution in [0.25, 0.3) is 6.08 Å². The second kappa shape index (κ2) is 2.93. The summed E-state index contributed by atoms with van der Waals surface area (Å²) >= 11 is 2.29. The Kier molecular flexibility index (Phi) is 1.94. The molecule has 0 radical (unpaired) electrons. The van der Waals surface area contributed by atoms with E-state index in [0.717, 1.165) is 12.8 Å². The van der Waals surface area contributed by atoms with Gasteiger partial charge in [0.05, 0.1) is 0 Å². The molecule has 1 heterocycles. The van der Waals surface area contributed by atoms with E-state index >= 15 is 0 Å². The lowest BCUT2D eigenvalue weighted by Crippen LogP contribution is -1.97. The second-order valence-electron chi connectivity index (χ2n) is 2.63. The van der Waals surface area contributed by atoms with Gasteiger partial charge in [-0.05, 0) is 47.1 Å². The van der Waals surface area contributed by atoms with Crippen molar-refractivity contribution in [1.29, 1.82) is 0 Å². The number of rotatable bonds is 0. The van der Waals surface area contributed by atoms with Gasteiger partial charge in [-0.1, -0.05) is 12.2 Å². The average molecular weight is 257 g/mol. The van der Waals surface area contributed by atoms with Gasteiger partial charge in [0.1, 0.15) is 0 Å². The van der Waals surface area contributed by atoms with Crippen molar-refractivity contribution >= 4 is 28.7 Å². The van der Waals surface area contributed by atoms with Crippen molar-refractivity contribution in [3.05, 3.63) is 33.2 Å². The van der Waals surface area contributed by atoms with Crippen LogP contribution >= 0.6 is 22.6 Å². The number of aryl methyl sites for hydroxylation is 1. The van der Waals surface area contributed by atoms with E-state index in [1.54, 1.807) is 0 Å². The molecule has 11 heavy (non-hydrogen) atoms. The largest absolute Gasteiger partial charge is 0.260 e. The van der Waals surface area contributed by atoms with Crippen molar-refractivity contribution in [3.63, 3.8) is 0 Å². The Hall–Kier alpha value is -0.380. The highest BCUT2D eigenvalue weighted by molar-refractivity contribution is 14.1. The highest BCUT2D eigenvalue weighted by atomic mass is 127. The molecule has 2 heteroatoms. The minimum atomic E-state index is 1.10. The van der Waals surface area contributed by atoms with Gasteiger partial charge in [-0.3, -0.25) is 4.98 Å². The SMILES string of the molecule is Ic1cnc2c(c1)C=CCC2. The molecule has 0 atom stereocenters. The first-order valence-electron chi connectivity index (χ1n) is 3.67. The van der Waals surface area contributed by atoms with Crippen LogP contribution in [-0.4, -0.2) is 4.98 Å². The number of hydrogen-bond acceptors (Lipinski definition) is 1. The van der Waals surface area contributed by atoms with Crippen LogP contribution in [-0.2, 0) is 6.42 Å². The summed E-state index contributed by atoms with van der Waals surface area (Å²) in [5.74, 6) is 0. The van der Waals surface area contributed by atoms with Gasteiger partial charge in [-0.15, -0.1) is 0 Å². The van der Waals surface area contributed by atoms with Crippen molar-refractivity contribution in [2.24, 2.45) is 0 Å². The molecule has 1 aliphatic rings. The van der Waals surface area contributed by atoms with Gasteiger partial charge in [0.25, 0.3) is 0 Å². The Morgan fingerprint density at radius 3 is 3.27 bits per heavy atom. The van der Waals surface area contributed by atoms with Crippen molar-refractivity contribution in [2.45, 2.75) is 12.8 Å². The summed E-state index contributed by atoms with van der Waals surface area (Å²) in [7, 11) is 0. The van der Waals surface area contributed by atoms with Gasteiger partial charge in [0, 0.05) is 15.5 Å². The van der Waals surface area contributed by atoms with E-state index in [1.165, 1.54) is 14.8 Å². The number of nitrogens with zero attached hydrogens (tertiary/aromatic N) is 1. The van der Waals surface area contributed by atoms with Gasteiger partial charge in [0.2, 0.25) is 0 Å². The Labute approximate surface area is 79.7 Å². The molecule has 0 fully saturated rings. The van der Waals surface area contributed by atoms with Crippen LogP contribution in [0.2, 0.25) is 0 Å². The molecule has 0 spiro atoms. The van der Waals surface area contributed by atoms with E-state index in [2.05, 4.69) is 45.8 Å². The Morgan fingerprint density at radius 1 is 1.45 bits per heavy atom. The van der Waals surface area contributed by atoms with E-state index in [1.807, 2.05) is 6.20 Å². The maximum atomic E-state index is 4.36. The molecule has 0 saturated heterocycles. The number of fused-ring (bicyclic) bond motifs is 1. The summed E-state index contributed by atoms with van der Waals surface area (Å²) in [6.45, 7) is 0. The fourth-order valence-electron chi connectivity index (χ4n) is 1.27. The maximum absolute atomic E-state index is 4.36. The predicted molar refractivity (Wildman–Crippen MR) is 54.3 cm³/mol. The van der Waals surface area contributed by atoms with Gasteiger partial charge in [0.15, 0.2) is 0 Å². The van der Waals surface area contributed by atoms with Crippen LogP contribution in [0.4, 0.5) is 0 Å². The number of allylic oxidation sites excluding steroid dienone is 1. The van der Waals surface area contributed by atoms with Crippen molar-refractivity contribution in [2.75, 3.05) is 0 Å². The molecule has 56 valence electrons. The van der Waals surface area contributed by atoms with Gasteiger partial charge in [-0.25, -0.2) is 0 Å². The minimum absolute atomic E-state index is 1.10. The topological polar surface area (TPSA) is 12.9 Å². The first-order valence-corrected chi connectivity index (χ1v) is 4.75. The first-order chi connectivity index (χ1) is 5.36. The van der Waals surface area contributed by atoms with Crippen LogP contribution in [0.15, 0.2) is 18.3 Å². The number of pyridine rings is 1. The Balaban J connectivity index is 2.54. The van der Waals surface area contributed by atoms with Gasteiger partial charge >= 0.3 is 0 Å². The lowest BCUT2D eigenvalue weighted by molar-refractivity contribution is 0.925. The number of hydrogen-bond donors (Lipinski definition) is 0. The molecule has 1 aromatic heterocycles. The highest BCUT2D eigenvalue weighted by Gasteiger charge is 2.04. The van der Waals surface area contributed by atoms with Crippen LogP contribution in [0.3, 0.4) is 0 Å². The minimum Gasteiger partial charge on any atom is -0.260 e. The predicted octanol–water partition coefficient (Wildman–Crippen LogP) is 2.65. The standard InChI is InChI=1S/C9H8IN/c10-8-5-7-3-1-2-4-9(7)11-6-8/h1,3,5-6H,2,4H2. The lowest BCUT2D eigenvalue weighted by Gasteiger charge is -2.08. The molecule has 0 bridgehead atoms. The molecular weight excluding hydrogens is 249 g/mol. The third-order valence-corrected chi connectivity index (χ3v) is 2.41. The molecule has 0 saturated carbocycles. The molecule has 1 aliphatic carbocycles. The molecule has 0 N–H and O–H groups in total. The Morgan fingerprint density at radius 2 is 2.36 bits per heavy atom. The van der Waals surface area contributed by atoms with Crippen LogP contribution < -0.4 is 0 Å². The molecule has 0 unspecified atom stereocenters. The summed E-state index contributed by atoms with van der Waals surface area (Å²) in [6, 6.07) is 2.18. The smallest absolute Gasteiger partial charge is 0.0479 e. The van der Waals surface area contributed by atoms with Crippen LogP contribution in [0.5, 0.6) is 0 Å². The lowest BCUT2D eigenvalue weighted by atomic mass is 10.0. The molecule has 2 rings (SSSR count). The third kappa shape index (κ3) is 1.45. The summed E-state index contributed by atoms with van der Waals surface area (Å²) in [4.78, 5) is 4.36. The maximum Gasteiger partial charge on any atom is 0.0479 e. The first kappa shape index (κ1) is 7.28. The normalized spacial score (nSPS) is 14.6. The fraction of sp³-hybridized carbons (Fsp3) is 0.222. The van der Waals surface area contributed by atoms with Crippen LogP contribution in [0.1, 0.15) is 17.7 Å². The molecule has 0 amide bonds. The van der Waals surface area contributed by atoms with E-state index < -0.39 is 0 Å². The third-order valence-electron chi connectivity index (χ3n) is 1.82. The van der Waals surface area contributed by atoms with Crippen molar-refractivity contribution < 1.29 is 0 Å². The van der Waals surface area contributed by atoms with E-state index in [4.69, 9.17) is 0 Å². The molecule has 0 aliphatic heterocycles. The van der Waals surface area contributed by atoms with Gasteiger partial charge in [-0.2, -0.15) is 0 Å². The van der Waals surface area contributed by atoms with Crippen LogP contribution in [0, 0.1) is 3.57 Å². The zero-order valence-corrected chi connectivity index (χ0v) is 8.21. The highest BCUT2D eigenvalue weighted by Crippen LogP contribution is 2.18. The van der Waals surface area contributed by atoms with E-state index in [-0.39, 0.29) is 0 Å². The zero-order chi connectivity index (χ0) is 7.68. The molecule has 1 aromatic rings. The summed E-state index contributed by atoms with van der Waals surface area (Å²) in [6.07, 6.45) is 8.54. The van der Waals surface area contributed by atoms with Crippen molar-refractivity contribution in [3.8, 4) is 0 Å². The quantitative estimate of drug-likeness (QED) is 0.651. The Bertz CT molecular complexity index is 304.